The largest absolute Gasteiger partial charge is 0.354 e. The topological polar surface area (TPSA) is 67.2 Å². The first-order valence-electron chi connectivity index (χ1n) is 11.5. The summed E-state index contributed by atoms with van der Waals surface area (Å²) in [6.07, 6.45) is 1.90. The molecule has 0 spiro atoms. The van der Waals surface area contributed by atoms with Crippen LogP contribution in [0.5, 0.6) is 0 Å². The molecule has 2 aromatic carbocycles. The van der Waals surface area contributed by atoms with Gasteiger partial charge in [-0.3, -0.25) is 19.1 Å². The molecule has 7 heteroatoms. The summed E-state index contributed by atoms with van der Waals surface area (Å²) in [5.74, 6) is 0.0470. The van der Waals surface area contributed by atoms with Gasteiger partial charge in [0, 0.05) is 18.7 Å². The van der Waals surface area contributed by atoms with Crippen molar-refractivity contribution in [1.29, 1.82) is 0 Å². The molecule has 2 heterocycles. The second kappa shape index (κ2) is 9.83. The van der Waals surface area contributed by atoms with Crippen LogP contribution in [0.1, 0.15) is 35.2 Å². The van der Waals surface area contributed by atoms with Crippen molar-refractivity contribution in [3.8, 4) is 0 Å². The van der Waals surface area contributed by atoms with E-state index in [2.05, 4.69) is 15.2 Å². The number of hydrogen-bond donors (Lipinski definition) is 1. The zero-order chi connectivity index (χ0) is 23.5. The van der Waals surface area contributed by atoms with Gasteiger partial charge in [0.2, 0.25) is 5.91 Å². The van der Waals surface area contributed by atoms with Gasteiger partial charge in [-0.15, -0.1) is 0 Å². The van der Waals surface area contributed by atoms with Gasteiger partial charge < -0.3 is 5.32 Å². The fourth-order valence-electron chi connectivity index (χ4n) is 4.46. The molecule has 1 aliphatic heterocycles. The minimum absolute atomic E-state index is 0.0205. The van der Waals surface area contributed by atoms with Crippen LogP contribution in [0.2, 0.25) is 0 Å². The molecule has 1 saturated heterocycles. The van der Waals surface area contributed by atoms with Gasteiger partial charge in [-0.25, -0.2) is 9.37 Å². The number of piperidine rings is 1. The number of carbonyl (C=O) groups is 1. The van der Waals surface area contributed by atoms with E-state index in [1.54, 1.807) is 13.0 Å². The first-order valence-corrected chi connectivity index (χ1v) is 11.5. The van der Waals surface area contributed by atoms with Crippen molar-refractivity contribution in [3.05, 3.63) is 75.0 Å². The average molecular weight is 451 g/mol. The van der Waals surface area contributed by atoms with Crippen LogP contribution < -0.4 is 10.9 Å². The number of halogens is 1. The minimum atomic E-state index is -0.234. The Morgan fingerprint density at radius 3 is 2.55 bits per heavy atom. The molecular weight excluding hydrogens is 419 g/mol. The van der Waals surface area contributed by atoms with Crippen LogP contribution in [0.25, 0.3) is 11.0 Å². The number of amides is 1. The molecule has 1 aromatic heterocycles. The van der Waals surface area contributed by atoms with Crippen molar-refractivity contribution >= 4 is 16.9 Å². The van der Waals surface area contributed by atoms with Gasteiger partial charge in [0.1, 0.15) is 18.1 Å². The van der Waals surface area contributed by atoms with Gasteiger partial charge in [0.05, 0.1) is 11.0 Å². The summed E-state index contributed by atoms with van der Waals surface area (Å²) in [5, 5.41) is 3.01. The molecule has 0 aliphatic carbocycles. The Kier molecular flexibility index (Phi) is 6.88. The highest BCUT2D eigenvalue weighted by molar-refractivity contribution is 5.81. The molecule has 0 bridgehead atoms. The highest BCUT2D eigenvalue weighted by Gasteiger charge is 2.21. The monoisotopic (exact) mass is 450 g/mol. The number of aromatic nitrogens is 2. The van der Waals surface area contributed by atoms with Gasteiger partial charge in [-0.1, -0.05) is 18.2 Å². The fourth-order valence-corrected chi connectivity index (χ4v) is 4.46. The molecule has 1 aliphatic rings. The summed E-state index contributed by atoms with van der Waals surface area (Å²) in [5.41, 5.74) is 4.45. The third-order valence-corrected chi connectivity index (χ3v) is 6.67. The zero-order valence-electron chi connectivity index (χ0n) is 19.5. The van der Waals surface area contributed by atoms with Crippen LogP contribution in [-0.2, 0) is 17.9 Å². The van der Waals surface area contributed by atoms with Crippen LogP contribution in [-0.4, -0.2) is 40.0 Å². The summed E-state index contributed by atoms with van der Waals surface area (Å²) in [6, 6.07) is 10.8. The van der Waals surface area contributed by atoms with Crippen LogP contribution >= 0.6 is 0 Å². The number of rotatable bonds is 6. The molecule has 0 atom stereocenters. The fraction of sp³-hybridized carbons (Fsp3) is 0.423. The first kappa shape index (κ1) is 23.1. The van der Waals surface area contributed by atoms with E-state index in [0.29, 0.717) is 30.2 Å². The predicted octanol–water partition coefficient (Wildman–Crippen LogP) is 3.49. The number of hydrogen-bond acceptors (Lipinski definition) is 4. The molecule has 1 fully saturated rings. The lowest BCUT2D eigenvalue weighted by atomic mass is 9.96. The molecular formula is C26H31FN4O2. The molecule has 0 saturated carbocycles. The summed E-state index contributed by atoms with van der Waals surface area (Å²) < 4.78 is 15.4. The standard InChI is InChI=1S/C26H31FN4O2/c1-17-12-23-24(13-18(17)2)31(26(33)19(3)29-23)16-25(32)28-14-20-8-10-30(11-9-20)15-21-6-4-5-7-22(21)27/h4-7,12-13,20H,8-11,14-16H2,1-3H3,(H,28,32). The van der Waals surface area contributed by atoms with E-state index < -0.39 is 0 Å². The molecule has 33 heavy (non-hydrogen) atoms. The first-order chi connectivity index (χ1) is 15.8. The van der Waals surface area contributed by atoms with Crippen LogP contribution in [0, 0.1) is 32.5 Å². The van der Waals surface area contributed by atoms with E-state index in [-0.39, 0.29) is 23.8 Å². The molecule has 1 amide bonds. The molecule has 3 aromatic rings. The lowest BCUT2D eigenvalue weighted by molar-refractivity contribution is -0.121. The van der Waals surface area contributed by atoms with E-state index in [0.717, 1.165) is 48.1 Å². The van der Waals surface area contributed by atoms with Crippen molar-refractivity contribution in [1.82, 2.24) is 19.8 Å². The highest BCUT2D eigenvalue weighted by atomic mass is 19.1. The number of nitrogens with one attached hydrogen (secondary N) is 1. The normalized spacial score (nSPS) is 15.2. The summed E-state index contributed by atoms with van der Waals surface area (Å²) in [4.78, 5) is 32.1. The second-order valence-electron chi connectivity index (χ2n) is 9.13. The minimum Gasteiger partial charge on any atom is -0.354 e. The lowest BCUT2D eigenvalue weighted by Crippen LogP contribution is -2.40. The molecule has 174 valence electrons. The number of carbonyl (C=O) groups excluding carboxylic acids is 1. The number of nitrogens with zero attached hydrogens (tertiary/aromatic N) is 3. The zero-order valence-corrected chi connectivity index (χ0v) is 19.5. The summed E-state index contributed by atoms with van der Waals surface area (Å²) in [7, 11) is 0. The van der Waals surface area contributed by atoms with Gasteiger partial charge in [0.25, 0.3) is 5.56 Å². The van der Waals surface area contributed by atoms with Crippen molar-refractivity contribution in [3.63, 3.8) is 0 Å². The smallest absolute Gasteiger partial charge is 0.272 e. The SMILES string of the molecule is Cc1cc2nc(C)c(=O)n(CC(=O)NCC3CCN(Cc4ccccc4F)CC3)c2cc1C. The second-order valence-corrected chi connectivity index (χ2v) is 9.13. The van der Waals surface area contributed by atoms with E-state index >= 15 is 0 Å². The Bertz CT molecular complexity index is 1230. The van der Waals surface area contributed by atoms with Crippen LogP contribution in [0.4, 0.5) is 4.39 Å². The van der Waals surface area contributed by atoms with Crippen LogP contribution in [0.15, 0.2) is 41.2 Å². The third-order valence-electron chi connectivity index (χ3n) is 6.67. The molecule has 0 unspecified atom stereocenters. The summed E-state index contributed by atoms with van der Waals surface area (Å²) in [6.45, 7) is 8.61. The van der Waals surface area contributed by atoms with Crippen molar-refractivity contribution in [2.24, 2.45) is 5.92 Å². The van der Waals surface area contributed by atoms with E-state index in [4.69, 9.17) is 0 Å². The quantitative estimate of drug-likeness (QED) is 0.624. The van der Waals surface area contributed by atoms with E-state index in [1.807, 2.05) is 38.1 Å². The Balaban J connectivity index is 1.34. The number of likely N-dealkylation sites (tertiary alicyclic amines) is 1. The lowest BCUT2D eigenvalue weighted by Gasteiger charge is -2.32. The Hall–Kier alpha value is -3.06. The van der Waals surface area contributed by atoms with Crippen molar-refractivity contribution in [2.75, 3.05) is 19.6 Å². The number of aryl methyl sites for hydroxylation is 3. The van der Waals surface area contributed by atoms with Gasteiger partial charge >= 0.3 is 0 Å². The highest BCUT2D eigenvalue weighted by Crippen LogP contribution is 2.20. The van der Waals surface area contributed by atoms with Gasteiger partial charge in [-0.2, -0.15) is 0 Å². The van der Waals surface area contributed by atoms with E-state index in [1.165, 1.54) is 10.6 Å². The summed E-state index contributed by atoms with van der Waals surface area (Å²) >= 11 is 0. The van der Waals surface area contributed by atoms with Crippen LogP contribution in [0.3, 0.4) is 0 Å². The van der Waals surface area contributed by atoms with Crippen molar-refractivity contribution in [2.45, 2.75) is 46.7 Å². The molecule has 0 radical (unpaired) electrons. The number of benzene rings is 2. The maximum atomic E-state index is 13.9. The Labute approximate surface area is 193 Å². The Morgan fingerprint density at radius 1 is 1.12 bits per heavy atom. The van der Waals surface area contributed by atoms with Crippen molar-refractivity contribution < 1.29 is 9.18 Å². The Morgan fingerprint density at radius 2 is 1.82 bits per heavy atom. The molecule has 1 N–H and O–H groups in total. The van der Waals surface area contributed by atoms with Gasteiger partial charge in [0.15, 0.2) is 0 Å². The third kappa shape index (κ3) is 5.30. The molecule has 4 rings (SSSR count). The van der Waals surface area contributed by atoms with E-state index in [9.17, 15) is 14.0 Å². The number of fused-ring (bicyclic) bond motifs is 1. The van der Waals surface area contributed by atoms with Gasteiger partial charge in [-0.05, 0) is 81.9 Å². The maximum absolute atomic E-state index is 13.9. The maximum Gasteiger partial charge on any atom is 0.272 e. The molecule has 6 nitrogen and oxygen atoms in total. The average Bonchev–Trinajstić information content (AvgIpc) is 2.79. The predicted molar refractivity (Wildman–Crippen MR) is 128 cm³/mol.